The summed E-state index contributed by atoms with van der Waals surface area (Å²) in [6, 6.07) is 7.11. The number of aliphatic hydroxyl groups is 6. The number of benzene rings is 1. The largest absolute Gasteiger partial charge is 0.409 e. The average Bonchev–Trinajstić information content (AvgIpc) is 2.76. The third-order valence-electron chi connectivity index (χ3n) is 5.63. The van der Waals surface area contributed by atoms with E-state index in [4.69, 9.17) is 14.2 Å². The van der Waals surface area contributed by atoms with Crippen LogP contribution >= 0.6 is 12.6 Å². The van der Waals surface area contributed by atoms with Gasteiger partial charge in [-0.15, -0.1) is 12.6 Å². The van der Waals surface area contributed by atoms with E-state index in [0.717, 1.165) is 0 Å². The molecular weight excluding hydrogens is 438 g/mol. The van der Waals surface area contributed by atoms with Crippen molar-refractivity contribution in [2.45, 2.75) is 66.6 Å². The Morgan fingerprint density at radius 1 is 1.16 bits per heavy atom. The predicted octanol–water partition coefficient (Wildman–Crippen LogP) is -2.30. The van der Waals surface area contributed by atoms with E-state index in [2.05, 4.69) is 12.6 Å². The van der Waals surface area contributed by atoms with Crippen molar-refractivity contribution in [3.05, 3.63) is 46.0 Å². The molecule has 2 saturated heterocycles. The quantitative estimate of drug-likeness (QED) is 0.107. The summed E-state index contributed by atoms with van der Waals surface area (Å²) < 4.78 is 16.6. The molecule has 0 saturated carbocycles. The lowest BCUT2D eigenvalue weighted by Crippen LogP contribution is -2.76. The molecule has 1 aromatic carbocycles. The molecule has 174 valence electrons. The number of thiol groups is 1. The lowest BCUT2D eigenvalue weighted by atomic mass is 9.82. The average molecular weight is 463 g/mol. The van der Waals surface area contributed by atoms with Gasteiger partial charge in [-0.2, -0.15) is 0 Å². The highest BCUT2D eigenvalue weighted by Gasteiger charge is 2.75. The standard InChI is InChI=1S/C18H25NO11S/c1-8-11(21)15(24)17(25,19(26)27)18(29-8,9-5-3-2-4-6-9)30-14-12(22)10(7-20)28-16(31)13(14)23/h2-6,8,10-16,20-25,31H,7H2,1H3/t8-,10-,11+,12-,13-,14+,15+,16?,17-,18+/m1/s1. The van der Waals surface area contributed by atoms with Crippen molar-refractivity contribution in [3.8, 4) is 0 Å². The second kappa shape index (κ2) is 8.86. The molecule has 12 nitrogen and oxygen atoms in total. The van der Waals surface area contributed by atoms with Crippen LogP contribution in [0.15, 0.2) is 30.3 Å². The summed E-state index contributed by atoms with van der Waals surface area (Å²) in [7, 11) is 0. The summed E-state index contributed by atoms with van der Waals surface area (Å²) in [5.41, 5.74) is -4.86. The topological polar surface area (TPSA) is 192 Å². The Kier molecular flexibility index (Phi) is 6.93. The molecule has 1 unspecified atom stereocenters. The zero-order chi connectivity index (χ0) is 23.1. The molecule has 2 aliphatic rings. The highest BCUT2D eigenvalue weighted by molar-refractivity contribution is 7.80. The summed E-state index contributed by atoms with van der Waals surface area (Å²) in [6.07, 6.45) is -11.9. The van der Waals surface area contributed by atoms with Crippen LogP contribution in [0.2, 0.25) is 0 Å². The molecule has 0 aliphatic carbocycles. The van der Waals surface area contributed by atoms with Crippen LogP contribution in [0.4, 0.5) is 0 Å². The molecule has 2 fully saturated rings. The molecule has 3 rings (SSSR count). The van der Waals surface area contributed by atoms with Crippen molar-refractivity contribution in [3.63, 3.8) is 0 Å². The minimum atomic E-state index is -3.46. The summed E-state index contributed by atoms with van der Waals surface area (Å²) in [5.74, 6) is -2.78. The molecule has 1 aromatic rings. The van der Waals surface area contributed by atoms with E-state index < -0.39 is 71.2 Å². The van der Waals surface area contributed by atoms with Gasteiger partial charge in [-0.25, -0.2) is 0 Å². The maximum absolute atomic E-state index is 12.0. The third kappa shape index (κ3) is 3.74. The highest BCUT2D eigenvalue weighted by Crippen LogP contribution is 2.48. The number of ether oxygens (including phenoxy) is 3. The van der Waals surface area contributed by atoms with Gasteiger partial charge >= 0.3 is 5.72 Å². The molecule has 2 aliphatic heterocycles. The zero-order valence-corrected chi connectivity index (χ0v) is 17.2. The van der Waals surface area contributed by atoms with Crippen LogP contribution in [0, 0.1) is 10.1 Å². The van der Waals surface area contributed by atoms with E-state index in [1.165, 1.54) is 31.2 Å². The fourth-order valence-corrected chi connectivity index (χ4v) is 4.18. The van der Waals surface area contributed by atoms with Gasteiger partial charge in [0.05, 0.1) is 17.6 Å². The Balaban J connectivity index is 2.19. The second-order valence-corrected chi connectivity index (χ2v) is 8.04. The minimum absolute atomic E-state index is 0.130. The fourth-order valence-electron chi connectivity index (χ4n) is 3.85. The lowest BCUT2D eigenvalue weighted by Gasteiger charge is -2.52. The van der Waals surface area contributed by atoms with Crippen LogP contribution in [0.1, 0.15) is 12.5 Å². The Morgan fingerprint density at radius 2 is 1.77 bits per heavy atom. The monoisotopic (exact) mass is 463 g/mol. The molecule has 0 radical (unpaired) electrons. The van der Waals surface area contributed by atoms with Gasteiger partial charge in [0.1, 0.15) is 36.0 Å². The van der Waals surface area contributed by atoms with Crippen molar-refractivity contribution in [2.24, 2.45) is 0 Å². The summed E-state index contributed by atoms with van der Waals surface area (Å²) in [6.45, 7) is 0.602. The number of rotatable bonds is 5. The second-order valence-electron chi connectivity index (χ2n) is 7.54. The molecule has 0 amide bonds. The van der Waals surface area contributed by atoms with Gasteiger partial charge in [0.15, 0.2) is 6.10 Å². The van der Waals surface area contributed by atoms with Crippen molar-refractivity contribution >= 4 is 12.6 Å². The van der Waals surface area contributed by atoms with E-state index in [0.29, 0.717) is 0 Å². The normalized spacial score (nSPS) is 45.9. The number of nitrogens with zero attached hydrogens (tertiary/aromatic N) is 1. The zero-order valence-electron chi connectivity index (χ0n) is 16.3. The summed E-state index contributed by atoms with van der Waals surface area (Å²) >= 11 is 4.03. The molecule has 31 heavy (non-hydrogen) atoms. The molecule has 0 aromatic heterocycles. The van der Waals surface area contributed by atoms with E-state index in [9.17, 15) is 40.8 Å². The number of nitro groups is 1. The molecule has 0 bridgehead atoms. The van der Waals surface area contributed by atoms with Gasteiger partial charge in [-0.05, 0) is 6.92 Å². The van der Waals surface area contributed by atoms with E-state index in [1.54, 1.807) is 6.07 Å². The van der Waals surface area contributed by atoms with E-state index in [1.807, 2.05) is 0 Å². The van der Waals surface area contributed by atoms with Crippen LogP contribution in [0.25, 0.3) is 0 Å². The Morgan fingerprint density at radius 3 is 2.32 bits per heavy atom. The van der Waals surface area contributed by atoms with Gasteiger partial charge < -0.3 is 44.8 Å². The smallest absolute Gasteiger partial charge is 0.394 e. The van der Waals surface area contributed by atoms with Crippen LogP contribution in [-0.4, -0.2) is 96.1 Å². The minimum Gasteiger partial charge on any atom is -0.394 e. The number of hydrogen-bond acceptors (Lipinski definition) is 12. The first-order valence-corrected chi connectivity index (χ1v) is 9.97. The van der Waals surface area contributed by atoms with Crippen LogP contribution in [-0.2, 0) is 20.0 Å². The molecule has 13 heteroatoms. The van der Waals surface area contributed by atoms with Gasteiger partial charge in [0, 0.05) is 5.56 Å². The van der Waals surface area contributed by atoms with Gasteiger partial charge in [0.25, 0.3) is 5.79 Å². The number of aliphatic hydroxyl groups excluding tert-OH is 5. The first kappa shape index (κ1) is 24.3. The maximum atomic E-state index is 12.0. The summed E-state index contributed by atoms with van der Waals surface area (Å²) in [5, 5.41) is 74.5. The first-order chi connectivity index (χ1) is 14.5. The fraction of sp³-hybridized carbons (Fsp3) is 0.667. The molecule has 0 spiro atoms. The maximum Gasteiger partial charge on any atom is 0.409 e. The van der Waals surface area contributed by atoms with Crippen LogP contribution < -0.4 is 0 Å². The van der Waals surface area contributed by atoms with Gasteiger partial charge in [0.2, 0.25) is 0 Å². The van der Waals surface area contributed by atoms with Crippen molar-refractivity contribution in [1.82, 2.24) is 0 Å². The SMILES string of the molecule is C[C@H]1O[C@](O[C@H]2[C@H](O)[C@@H](CO)OC(S)[C@@H]2O)(c2ccccc2)[C@@](O)([N+](=O)[O-])[C@@H](O)[C@H]1O. The Bertz CT molecular complexity index is 787. The lowest BCUT2D eigenvalue weighted by molar-refractivity contribution is -0.702. The Hall–Kier alpha value is -1.39. The van der Waals surface area contributed by atoms with Crippen LogP contribution in [0.5, 0.6) is 0 Å². The predicted molar refractivity (Wildman–Crippen MR) is 104 cm³/mol. The van der Waals surface area contributed by atoms with Gasteiger partial charge in [-0.3, -0.25) is 10.1 Å². The molecule has 6 N–H and O–H groups in total. The van der Waals surface area contributed by atoms with Gasteiger partial charge in [-0.1, -0.05) is 30.3 Å². The van der Waals surface area contributed by atoms with Crippen LogP contribution in [0.3, 0.4) is 0 Å². The molecule has 10 atom stereocenters. The Labute approximate surface area is 182 Å². The van der Waals surface area contributed by atoms with E-state index >= 15 is 0 Å². The van der Waals surface area contributed by atoms with Crippen molar-refractivity contribution < 1.29 is 49.8 Å². The van der Waals surface area contributed by atoms with Crippen molar-refractivity contribution in [2.75, 3.05) is 6.61 Å². The van der Waals surface area contributed by atoms with E-state index in [-0.39, 0.29) is 5.56 Å². The molecular formula is C18H25NO11S. The molecule has 2 heterocycles. The van der Waals surface area contributed by atoms with Crippen molar-refractivity contribution in [1.29, 1.82) is 0 Å². The first-order valence-electron chi connectivity index (χ1n) is 9.46. The summed E-state index contributed by atoms with van der Waals surface area (Å²) in [4.78, 5) is 10.8. The number of hydrogen-bond donors (Lipinski definition) is 7. The third-order valence-corrected chi connectivity index (χ3v) is 6.05. The highest BCUT2D eigenvalue weighted by atomic mass is 32.1.